The maximum atomic E-state index is 13.1. The van der Waals surface area contributed by atoms with Gasteiger partial charge in [-0.15, -0.1) is 0 Å². The first-order valence-electron chi connectivity index (χ1n) is 10.1. The van der Waals surface area contributed by atoms with Gasteiger partial charge in [0, 0.05) is 31.5 Å². The van der Waals surface area contributed by atoms with E-state index in [0.29, 0.717) is 35.6 Å². The van der Waals surface area contributed by atoms with Gasteiger partial charge in [-0.05, 0) is 64.7 Å². The molecule has 1 aromatic heterocycles. The van der Waals surface area contributed by atoms with E-state index in [1.165, 1.54) is 5.56 Å². The van der Waals surface area contributed by atoms with Crippen molar-refractivity contribution in [2.24, 2.45) is 0 Å². The smallest absolute Gasteiger partial charge is 0.291 e. The second-order valence-corrected chi connectivity index (χ2v) is 7.79. The van der Waals surface area contributed by atoms with Crippen LogP contribution < -0.4 is 5.32 Å². The number of amides is 2. The van der Waals surface area contributed by atoms with Gasteiger partial charge in [0.25, 0.3) is 11.8 Å². The lowest BCUT2D eigenvalue weighted by atomic mass is 10.1. The van der Waals surface area contributed by atoms with Crippen molar-refractivity contribution in [1.82, 2.24) is 4.90 Å². The summed E-state index contributed by atoms with van der Waals surface area (Å²) in [5, 5.41) is 2.76. The number of nitrogens with zero attached hydrogens (tertiary/aromatic N) is 1. The van der Waals surface area contributed by atoms with Crippen LogP contribution in [-0.4, -0.2) is 43.5 Å². The first-order valence-corrected chi connectivity index (χ1v) is 10.8. The third-order valence-corrected chi connectivity index (χ3v) is 5.18. The summed E-state index contributed by atoms with van der Waals surface area (Å²) in [4.78, 5) is 27.2. The average Bonchev–Trinajstić information content (AvgIpc) is 3.23. The summed E-state index contributed by atoms with van der Waals surface area (Å²) in [5.41, 5.74) is 2.28. The van der Waals surface area contributed by atoms with Crippen LogP contribution in [0, 0.1) is 0 Å². The fourth-order valence-corrected chi connectivity index (χ4v) is 3.48. The van der Waals surface area contributed by atoms with Gasteiger partial charge < -0.3 is 19.4 Å². The molecule has 2 aromatic carbocycles. The molecule has 2 amide bonds. The Labute approximate surface area is 190 Å². The normalized spacial score (nSPS) is 10.6. The van der Waals surface area contributed by atoms with Crippen molar-refractivity contribution in [1.29, 1.82) is 0 Å². The number of carbonyl (C=O) groups excluding carboxylic acids is 2. The maximum Gasteiger partial charge on any atom is 0.291 e. The molecule has 0 radical (unpaired) electrons. The number of hydrogen-bond acceptors (Lipinski definition) is 4. The fraction of sp³-hybridized carbons (Fsp3) is 0.250. The van der Waals surface area contributed by atoms with Crippen molar-refractivity contribution in [2.45, 2.75) is 12.8 Å². The molecule has 0 spiro atoms. The summed E-state index contributed by atoms with van der Waals surface area (Å²) < 4.78 is 10.9. The molecule has 0 fully saturated rings. The standard InChI is InChI=1S/C24H25BrN2O4/c1-30-16-15-27(14-6-9-18-7-3-2-4-8-18)24(29)19-10-5-11-20(17-19)26-23(28)21-12-13-22(25)31-21/h2-5,7-8,10-13,17H,6,9,14-16H2,1H3,(H,26,28). The van der Waals surface area contributed by atoms with Crippen LogP contribution in [0.25, 0.3) is 0 Å². The minimum absolute atomic E-state index is 0.0954. The van der Waals surface area contributed by atoms with Crippen molar-refractivity contribution >= 4 is 33.4 Å². The number of carbonyl (C=O) groups is 2. The zero-order chi connectivity index (χ0) is 22.1. The lowest BCUT2D eigenvalue weighted by molar-refractivity contribution is 0.0693. The molecular formula is C24H25BrN2O4. The van der Waals surface area contributed by atoms with Gasteiger partial charge in [0.15, 0.2) is 10.4 Å². The molecule has 162 valence electrons. The van der Waals surface area contributed by atoms with Gasteiger partial charge in [0.2, 0.25) is 0 Å². The van der Waals surface area contributed by atoms with E-state index in [1.807, 2.05) is 18.2 Å². The van der Waals surface area contributed by atoms with Gasteiger partial charge in [-0.25, -0.2) is 0 Å². The summed E-state index contributed by atoms with van der Waals surface area (Å²) in [7, 11) is 1.62. The van der Waals surface area contributed by atoms with Crippen LogP contribution >= 0.6 is 15.9 Å². The predicted octanol–water partition coefficient (Wildman–Crippen LogP) is 5.02. The lowest BCUT2D eigenvalue weighted by Gasteiger charge is -2.23. The molecule has 0 bridgehead atoms. The molecule has 6 nitrogen and oxygen atoms in total. The van der Waals surface area contributed by atoms with Gasteiger partial charge in [-0.2, -0.15) is 0 Å². The number of furan rings is 1. The van der Waals surface area contributed by atoms with E-state index in [4.69, 9.17) is 9.15 Å². The van der Waals surface area contributed by atoms with E-state index in [1.54, 1.807) is 48.4 Å². The summed E-state index contributed by atoms with van der Waals surface area (Å²) in [6.07, 6.45) is 1.75. The minimum Gasteiger partial charge on any atom is -0.444 e. The molecule has 1 heterocycles. The van der Waals surface area contributed by atoms with Gasteiger partial charge in [0.05, 0.1) is 6.61 Å². The largest absolute Gasteiger partial charge is 0.444 e. The Morgan fingerprint density at radius 2 is 1.84 bits per heavy atom. The highest BCUT2D eigenvalue weighted by atomic mass is 79.9. The molecule has 0 aliphatic heterocycles. The highest BCUT2D eigenvalue weighted by Crippen LogP contribution is 2.18. The lowest BCUT2D eigenvalue weighted by Crippen LogP contribution is -2.35. The number of ether oxygens (including phenoxy) is 1. The summed E-state index contributed by atoms with van der Waals surface area (Å²) in [6, 6.07) is 20.3. The summed E-state index contributed by atoms with van der Waals surface area (Å²) >= 11 is 3.18. The molecule has 0 aliphatic carbocycles. The topological polar surface area (TPSA) is 71.8 Å². The molecular weight excluding hydrogens is 460 g/mol. The quantitative estimate of drug-likeness (QED) is 0.438. The summed E-state index contributed by atoms with van der Waals surface area (Å²) in [5.74, 6) is -0.289. The zero-order valence-electron chi connectivity index (χ0n) is 17.3. The molecule has 0 saturated heterocycles. The molecule has 0 atom stereocenters. The molecule has 7 heteroatoms. The van der Waals surface area contributed by atoms with E-state index >= 15 is 0 Å². The van der Waals surface area contributed by atoms with Gasteiger partial charge >= 0.3 is 0 Å². The average molecular weight is 485 g/mol. The highest BCUT2D eigenvalue weighted by Gasteiger charge is 2.17. The molecule has 31 heavy (non-hydrogen) atoms. The van der Waals surface area contributed by atoms with Gasteiger partial charge in [-0.3, -0.25) is 9.59 Å². The second kappa shape index (κ2) is 11.5. The molecule has 1 N–H and O–H groups in total. The minimum atomic E-state index is -0.380. The molecule has 0 saturated carbocycles. The molecule has 0 unspecified atom stereocenters. The predicted molar refractivity (Wildman–Crippen MR) is 123 cm³/mol. The van der Waals surface area contributed by atoms with Gasteiger partial charge in [-0.1, -0.05) is 36.4 Å². The fourth-order valence-electron chi connectivity index (χ4n) is 3.18. The maximum absolute atomic E-state index is 13.1. The Morgan fingerprint density at radius 3 is 2.55 bits per heavy atom. The van der Waals surface area contributed by atoms with Crippen molar-refractivity contribution < 1.29 is 18.7 Å². The van der Waals surface area contributed by atoms with Crippen LogP contribution in [0.15, 0.2) is 75.8 Å². The Balaban J connectivity index is 1.65. The Bertz CT molecular complexity index is 1000. The number of halogens is 1. The third kappa shape index (κ3) is 6.80. The second-order valence-electron chi connectivity index (χ2n) is 7.01. The number of methoxy groups -OCH3 is 1. The molecule has 3 aromatic rings. The van der Waals surface area contributed by atoms with E-state index in [-0.39, 0.29) is 17.6 Å². The number of aryl methyl sites for hydroxylation is 1. The van der Waals surface area contributed by atoms with Crippen LogP contribution in [-0.2, 0) is 11.2 Å². The monoisotopic (exact) mass is 484 g/mol. The first kappa shape index (κ1) is 22.8. The van der Waals surface area contributed by atoms with E-state index in [0.717, 1.165) is 12.8 Å². The van der Waals surface area contributed by atoms with E-state index in [9.17, 15) is 9.59 Å². The van der Waals surface area contributed by atoms with Gasteiger partial charge in [0.1, 0.15) is 0 Å². The Kier molecular flexibility index (Phi) is 8.44. The SMILES string of the molecule is COCCN(CCCc1ccccc1)C(=O)c1cccc(NC(=O)c2ccc(Br)o2)c1. The first-order chi connectivity index (χ1) is 15.1. The number of rotatable bonds is 10. The molecule has 0 aliphatic rings. The van der Waals surface area contributed by atoms with Crippen molar-refractivity contribution in [3.8, 4) is 0 Å². The van der Waals surface area contributed by atoms with Crippen LogP contribution in [0.4, 0.5) is 5.69 Å². The Hall–Kier alpha value is -2.90. The highest BCUT2D eigenvalue weighted by molar-refractivity contribution is 9.10. The number of benzene rings is 2. The van der Waals surface area contributed by atoms with Crippen molar-refractivity contribution in [3.05, 3.63) is 88.3 Å². The summed E-state index contributed by atoms with van der Waals surface area (Å²) in [6.45, 7) is 1.58. The van der Waals surface area contributed by atoms with Crippen molar-refractivity contribution in [2.75, 3.05) is 32.1 Å². The van der Waals surface area contributed by atoms with Crippen LogP contribution in [0.2, 0.25) is 0 Å². The van der Waals surface area contributed by atoms with Crippen molar-refractivity contribution in [3.63, 3.8) is 0 Å². The number of nitrogens with one attached hydrogen (secondary N) is 1. The number of hydrogen-bond donors (Lipinski definition) is 1. The van der Waals surface area contributed by atoms with E-state index in [2.05, 4.69) is 33.4 Å². The van der Waals surface area contributed by atoms with Crippen LogP contribution in [0.1, 0.15) is 32.9 Å². The third-order valence-electron chi connectivity index (χ3n) is 4.75. The zero-order valence-corrected chi connectivity index (χ0v) is 18.9. The van der Waals surface area contributed by atoms with Crippen LogP contribution in [0.5, 0.6) is 0 Å². The van der Waals surface area contributed by atoms with E-state index < -0.39 is 0 Å². The Morgan fingerprint density at radius 1 is 1.03 bits per heavy atom. The molecule has 3 rings (SSSR count). The van der Waals surface area contributed by atoms with Crippen LogP contribution in [0.3, 0.4) is 0 Å². The number of anilines is 1.